The van der Waals surface area contributed by atoms with Crippen LogP contribution in [0.3, 0.4) is 0 Å². The van der Waals surface area contributed by atoms with Crippen LogP contribution in [0.4, 0.5) is 4.39 Å². The van der Waals surface area contributed by atoms with Gasteiger partial charge in [0.05, 0.1) is 30.7 Å². The Bertz CT molecular complexity index is 1290. The van der Waals surface area contributed by atoms with Crippen LogP contribution in [0.1, 0.15) is 34.1 Å². The topological polar surface area (TPSA) is 126 Å². The van der Waals surface area contributed by atoms with E-state index in [4.69, 9.17) is 4.74 Å². The van der Waals surface area contributed by atoms with Gasteiger partial charge in [-0.2, -0.15) is 9.94 Å². The Hall–Kier alpha value is -3.82. The molecule has 12 heteroatoms. The van der Waals surface area contributed by atoms with Gasteiger partial charge in [0, 0.05) is 43.6 Å². The highest BCUT2D eigenvalue weighted by molar-refractivity contribution is 5.79. The number of ether oxygens (including phenoxy) is 1. The SMILES string of the molecule is Cc1nc(-n2cnnn2)ncc1CC(=O)N1CCN2C[C@H](c3ccc(F)c(C#N)c3C)OC[C@H]2C1. The average molecular weight is 478 g/mol. The van der Waals surface area contributed by atoms with Gasteiger partial charge in [-0.3, -0.25) is 9.69 Å². The number of halogens is 1. The first kappa shape index (κ1) is 22.9. The number of aromatic nitrogens is 6. The second-order valence-electron chi connectivity index (χ2n) is 8.77. The molecule has 4 heterocycles. The summed E-state index contributed by atoms with van der Waals surface area (Å²) >= 11 is 0. The normalized spacial score (nSPS) is 20.3. The average Bonchev–Trinajstić information content (AvgIpc) is 3.40. The molecule has 2 aromatic heterocycles. The van der Waals surface area contributed by atoms with Crippen molar-refractivity contribution in [3.05, 3.63) is 58.4 Å². The van der Waals surface area contributed by atoms with Crippen LogP contribution in [-0.2, 0) is 16.0 Å². The summed E-state index contributed by atoms with van der Waals surface area (Å²) in [5.74, 6) is -0.147. The van der Waals surface area contributed by atoms with Crippen LogP contribution in [0.5, 0.6) is 0 Å². The lowest BCUT2D eigenvalue weighted by Gasteiger charge is -2.46. The highest BCUT2D eigenvalue weighted by atomic mass is 19.1. The van der Waals surface area contributed by atoms with Crippen molar-refractivity contribution >= 4 is 5.91 Å². The molecule has 1 amide bonds. The number of carbonyl (C=O) groups is 1. The number of hydrogen-bond acceptors (Lipinski definition) is 9. The third-order valence-corrected chi connectivity index (χ3v) is 6.73. The number of nitrogens with zero attached hydrogens (tertiary/aromatic N) is 9. The summed E-state index contributed by atoms with van der Waals surface area (Å²) in [7, 11) is 0. The van der Waals surface area contributed by atoms with Crippen molar-refractivity contribution in [2.75, 3.05) is 32.8 Å². The van der Waals surface area contributed by atoms with Crippen molar-refractivity contribution in [2.24, 2.45) is 0 Å². The molecule has 0 aliphatic carbocycles. The predicted molar refractivity (Wildman–Crippen MR) is 120 cm³/mol. The summed E-state index contributed by atoms with van der Waals surface area (Å²) in [4.78, 5) is 25.9. The van der Waals surface area contributed by atoms with Gasteiger partial charge in [0.2, 0.25) is 5.91 Å². The number of carbonyl (C=O) groups excluding carboxylic acids is 1. The molecule has 180 valence electrons. The van der Waals surface area contributed by atoms with E-state index in [1.807, 2.05) is 17.9 Å². The summed E-state index contributed by atoms with van der Waals surface area (Å²) in [5.41, 5.74) is 2.98. The number of nitriles is 1. The van der Waals surface area contributed by atoms with Crippen molar-refractivity contribution < 1.29 is 13.9 Å². The van der Waals surface area contributed by atoms with Crippen LogP contribution in [-0.4, -0.2) is 84.7 Å². The number of hydrogen-bond donors (Lipinski definition) is 0. The van der Waals surface area contributed by atoms with E-state index < -0.39 is 5.82 Å². The van der Waals surface area contributed by atoms with E-state index in [-0.39, 0.29) is 30.0 Å². The summed E-state index contributed by atoms with van der Waals surface area (Å²) in [6.07, 6.45) is 3.03. The quantitative estimate of drug-likeness (QED) is 0.539. The molecule has 2 fully saturated rings. The van der Waals surface area contributed by atoms with Crippen LogP contribution in [0.25, 0.3) is 5.95 Å². The van der Waals surface area contributed by atoms with Crippen LogP contribution >= 0.6 is 0 Å². The zero-order valence-electron chi connectivity index (χ0n) is 19.4. The van der Waals surface area contributed by atoms with Crippen molar-refractivity contribution in [3.63, 3.8) is 0 Å². The molecule has 2 aliphatic heterocycles. The lowest BCUT2D eigenvalue weighted by molar-refractivity contribution is -0.139. The first-order valence-electron chi connectivity index (χ1n) is 11.3. The van der Waals surface area contributed by atoms with E-state index in [0.717, 1.165) is 17.7 Å². The van der Waals surface area contributed by atoms with Gasteiger partial charge in [0.1, 0.15) is 18.2 Å². The van der Waals surface area contributed by atoms with Crippen molar-refractivity contribution in [3.8, 4) is 12.0 Å². The molecule has 2 saturated heterocycles. The maximum absolute atomic E-state index is 13.9. The molecule has 35 heavy (non-hydrogen) atoms. The van der Waals surface area contributed by atoms with E-state index in [0.29, 0.717) is 43.4 Å². The van der Waals surface area contributed by atoms with Crippen molar-refractivity contribution in [2.45, 2.75) is 32.4 Å². The monoisotopic (exact) mass is 477 g/mol. The molecule has 3 aromatic rings. The fourth-order valence-corrected chi connectivity index (χ4v) is 4.67. The van der Waals surface area contributed by atoms with Crippen molar-refractivity contribution in [1.82, 2.24) is 40.0 Å². The Labute approximate surface area is 201 Å². The maximum Gasteiger partial charge on any atom is 0.253 e. The van der Waals surface area contributed by atoms with Gasteiger partial charge in [-0.1, -0.05) is 6.07 Å². The molecule has 0 unspecified atom stereocenters. The van der Waals surface area contributed by atoms with Gasteiger partial charge in [-0.15, -0.1) is 5.10 Å². The molecule has 0 saturated carbocycles. The van der Waals surface area contributed by atoms with Gasteiger partial charge < -0.3 is 9.64 Å². The second-order valence-corrected chi connectivity index (χ2v) is 8.77. The number of amides is 1. The van der Waals surface area contributed by atoms with Gasteiger partial charge in [0.15, 0.2) is 0 Å². The molecule has 2 aliphatic rings. The minimum absolute atomic E-state index is 0.0155. The Morgan fingerprint density at radius 3 is 2.89 bits per heavy atom. The fourth-order valence-electron chi connectivity index (χ4n) is 4.67. The molecule has 2 atom stereocenters. The van der Waals surface area contributed by atoms with Crippen LogP contribution in [0, 0.1) is 31.0 Å². The van der Waals surface area contributed by atoms with Gasteiger partial charge in [0.25, 0.3) is 5.95 Å². The molecule has 5 rings (SSSR count). The van der Waals surface area contributed by atoms with E-state index in [9.17, 15) is 14.4 Å². The first-order chi connectivity index (χ1) is 16.9. The summed E-state index contributed by atoms with van der Waals surface area (Å²) in [6.45, 7) is 6.57. The van der Waals surface area contributed by atoms with Crippen molar-refractivity contribution in [1.29, 1.82) is 5.26 Å². The van der Waals surface area contributed by atoms with E-state index >= 15 is 0 Å². The Balaban J connectivity index is 1.21. The minimum atomic E-state index is -0.514. The standard InChI is InChI=1S/C23H24FN9O2/c1-14-18(3-4-20(24)19(14)8-25)21-11-31-5-6-32(10-17(31)12-35-21)22(34)7-16-9-26-23(28-15(16)2)33-13-27-29-30-33/h3-4,9,13,17,21H,5-7,10-12H2,1-2H3/t17-,21-/m1/s1. The number of tetrazole rings is 1. The number of benzene rings is 1. The first-order valence-corrected chi connectivity index (χ1v) is 11.3. The molecular weight excluding hydrogens is 453 g/mol. The van der Waals surface area contributed by atoms with E-state index in [2.05, 4.69) is 30.4 Å². The Morgan fingerprint density at radius 2 is 2.14 bits per heavy atom. The zero-order chi connectivity index (χ0) is 24.5. The largest absolute Gasteiger partial charge is 0.370 e. The molecule has 0 spiro atoms. The molecular formula is C23H24FN9O2. The summed E-state index contributed by atoms with van der Waals surface area (Å²) in [5, 5.41) is 20.2. The molecule has 0 radical (unpaired) electrons. The van der Waals surface area contributed by atoms with E-state index in [1.54, 1.807) is 19.2 Å². The molecule has 1 aromatic carbocycles. The molecule has 0 N–H and O–H groups in total. The lowest BCUT2D eigenvalue weighted by atomic mass is 9.96. The maximum atomic E-state index is 13.9. The Kier molecular flexibility index (Phi) is 6.19. The minimum Gasteiger partial charge on any atom is -0.370 e. The van der Waals surface area contributed by atoms with Crippen LogP contribution in [0.15, 0.2) is 24.7 Å². The Morgan fingerprint density at radius 1 is 1.29 bits per heavy atom. The zero-order valence-corrected chi connectivity index (χ0v) is 19.4. The number of aryl methyl sites for hydroxylation is 1. The van der Waals surface area contributed by atoms with E-state index in [1.165, 1.54) is 17.1 Å². The number of fused-ring (bicyclic) bond motifs is 1. The summed E-state index contributed by atoms with van der Waals surface area (Å²) < 4.78 is 21.4. The highest BCUT2D eigenvalue weighted by Gasteiger charge is 2.36. The number of piperazine rings is 1. The molecule has 0 bridgehead atoms. The van der Waals surface area contributed by atoms with Gasteiger partial charge in [-0.05, 0) is 41.5 Å². The predicted octanol–water partition coefficient (Wildman–Crippen LogP) is 0.907. The number of rotatable bonds is 4. The summed E-state index contributed by atoms with van der Waals surface area (Å²) in [6, 6.07) is 5.05. The van der Waals surface area contributed by atoms with Crippen LogP contribution < -0.4 is 0 Å². The third-order valence-electron chi connectivity index (χ3n) is 6.73. The smallest absolute Gasteiger partial charge is 0.253 e. The van der Waals surface area contributed by atoms with Crippen LogP contribution in [0.2, 0.25) is 0 Å². The second kappa shape index (κ2) is 9.44. The lowest BCUT2D eigenvalue weighted by Crippen LogP contribution is -2.59. The van der Waals surface area contributed by atoms with Gasteiger partial charge >= 0.3 is 0 Å². The highest BCUT2D eigenvalue weighted by Crippen LogP contribution is 2.31. The third kappa shape index (κ3) is 4.48. The molecule has 11 nitrogen and oxygen atoms in total. The van der Waals surface area contributed by atoms with Gasteiger partial charge in [-0.25, -0.2) is 14.4 Å². The number of morpholine rings is 1. The fraction of sp³-hybridized carbons (Fsp3) is 0.435.